The van der Waals surface area contributed by atoms with Crippen LogP contribution in [0.5, 0.6) is 0 Å². The lowest BCUT2D eigenvalue weighted by Gasteiger charge is -2.28. The van der Waals surface area contributed by atoms with Gasteiger partial charge in [0, 0.05) is 39.3 Å². The van der Waals surface area contributed by atoms with Crippen LogP contribution >= 0.6 is 0 Å². The molecule has 0 spiro atoms. The molecular weight excluding hydrogens is 326 g/mol. The van der Waals surface area contributed by atoms with Crippen LogP contribution in [0.4, 0.5) is 0 Å². The Balaban J connectivity index is 2.71. The maximum absolute atomic E-state index is 11.3. The first-order valence-corrected chi connectivity index (χ1v) is 8.59. The summed E-state index contributed by atoms with van der Waals surface area (Å²) < 4.78 is 0. The highest BCUT2D eigenvalue weighted by Gasteiger charge is 2.16. The Labute approximate surface area is 148 Å². The lowest BCUT2D eigenvalue weighted by molar-refractivity contribution is -0.121. The molecule has 10 heteroatoms. The molecular formula is C15H31N7O3. The third-order valence-electron chi connectivity index (χ3n) is 4.04. The summed E-state index contributed by atoms with van der Waals surface area (Å²) in [6.07, 6.45) is 0.874. The van der Waals surface area contributed by atoms with Crippen molar-refractivity contribution in [1.82, 2.24) is 20.0 Å². The standard InChI is InChI=1S/C15H31N7O3/c16-13(23)10-20-4-1-2-19-3-5-21(11-14(17)24)7-9-22(8-6-20)12-15(18)25/h19H,1-12H2,(H2,16,23)(H2,17,24)(H2,18,25). The Bertz CT molecular complexity index is 415. The third-order valence-corrected chi connectivity index (χ3v) is 4.04. The number of primary amides is 3. The number of hydrogen-bond acceptors (Lipinski definition) is 7. The molecule has 0 aromatic carbocycles. The van der Waals surface area contributed by atoms with Crippen molar-refractivity contribution in [1.29, 1.82) is 0 Å². The van der Waals surface area contributed by atoms with Gasteiger partial charge in [-0.2, -0.15) is 0 Å². The fourth-order valence-corrected chi connectivity index (χ4v) is 2.83. The smallest absolute Gasteiger partial charge is 0.231 e. The minimum atomic E-state index is -0.408. The van der Waals surface area contributed by atoms with Crippen molar-refractivity contribution >= 4 is 17.7 Å². The first-order chi connectivity index (χ1) is 11.9. The Hall–Kier alpha value is -1.75. The molecule has 1 aliphatic heterocycles. The fraction of sp³-hybridized carbons (Fsp3) is 0.800. The van der Waals surface area contributed by atoms with Crippen LogP contribution in [0, 0.1) is 0 Å². The molecule has 0 atom stereocenters. The van der Waals surface area contributed by atoms with Crippen molar-refractivity contribution in [3.8, 4) is 0 Å². The second kappa shape index (κ2) is 11.7. The summed E-state index contributed by atoms with van der Waals surface area (Å²) in [4.78, 5) is 39.6. The van der Waals surface area contributed by atoms with Gasteiger partial charge in [-0.05, 0) is 19.5 Å². The van der Waals surface area contributed by atoms with E-state index in [4.69, 9.17) is 17.2 Å². The van der Waals surface area contributed by atoms with Crippen molar-refractivity contribution in [2.75, 3.05) is 72.0 Å². The van der Waals surface area contributed by atoms with Gasteiger partial charge in [0.2, 0.25) is 17.7 Å². The summed E-state index contributed by atoms with van der Waals surface area (Å²) in [6, 6.07) is 0. The highest BCUT2D eigenvalue weighted by atomic mass is 16.2. The number of nitrogens with zero attached hydrogens (tertiary/aromatic N) is 3. The average molecular weight is 357 g/mol. The molecule has 0 bridgehead atoms. The second-order valence-corrected chi connectivity index (χ2v) is 6.33. The lowest BCUT2D eigenvalue weighted by Crippen LogP contribution is -2.46. The van der Waals surface area contributed by atoms with Crippen LogP contribution < -0.4 is 22.5 Å². The van der Waals surface area contributed by atoms with Crippen LogP contribution in [0.25, 0.3) is 0 Å². The van der Waals surface area contributed by atoms with Gasteiger partial charge in [-0.15, -0.1) is 0 Å². The first kappa shape index (κ1) is 21.3. The molecule has 1 heterocycles. The van der Waals surface area contributed by atoms with Gasteiger partial charge in [0.15, 0.2) is 0 Å². The second-order valence-electron chi connectivity index (χ2n) is 6.33. The SMILES string of the molecule is NC(=O)CN1CCCNCCN(CC(N)=O)CCN(CC(N)=O)CC1. The van der Waals surface area contributed by atoms with Crippen LogP contribution in [-0.4, -0.2) is 104 Å². The van der Waals surface area contributed by atoms with Gasteiger partial charge in [0.1, 0.15) is 0 Å². The predicted octanol–water partition coefficient (Wildman–Crippen LogP) is -3.66. The van der Waals surface area contributed by atoms with Crippen LogP contribution in [0.2, 0.25) is 0 Å². The van der Waals surface area contributed by atoms with E-state index < -0.39 is 5.91 Å². The van der Waals surface area contributed by atoms with E-state index >= 15 is 0 Å². The topological polar surface area (TPSA) is 151 Å². The molecule has 144 valence electrons. The molecule has 10 nitrogen and oxygen atoms in total. The predicted molar refractivity (Wildman–Crippen MR) is 94.4 cm³/mol. The molecule has 25 heavy (non-hydrogen) atoms. The highest BCUT2D eigenvalue weighted by molar-refractivity contribution is 5.76. The maximum Gasteiger partial charge on any atom is 0.231 e. The number of carbonyl (C=O) groups excluding carboxylic acids is 3. The molecule has 1 fully saturated rings. The normalized spacial score (nSPS) is 20.2. The molecule has 7 N–H and O–H groups in total. The van der Waals surface area contributed by atoms with E-state index in [1.807, 2.05) is 14.7 Å². The first-order valence-electron chi connectivity index (χ1n) is 8.59. The fourth-order valence-electron chi connectivity index (χ4n) is 2.83. The molecule has 0 saturated carbocycles. The van der Waals surface area contributed by atoms with Gasteiger partial charge in [0.05, 0.1) is 19.6 Å². The van der Waals surface area contributed by atoms with E-state index in [2.05, 4.69) is 5.32 Å². The molecule has 0 radical (unpaired) electrons. The summed E-state index contributed by atoms with van der Waals surface area (Å²) >= 11 is 0. The van der Waals surface area contributed by atoms with Crippen molar-refractivity contribution in [2.45, 2.75) is 6.42 Å². The molecule has 1 saturated heterocycles. The van der Waals surface area contributed by atoms with Gasteiger partial charge in [-0.1, -0.05) is 0 Å². The Morgan fingerprint density at radius 3 is 1.48 bits per heavy atom. The van der Waals surface area contributed by atoms with E-state index in [1.165, 1.54) is 0 Å². The van der Waals surface area contributed by atoms with E-state index in [0.717, 1.165) is 26.1 Å². The molecule has 0 unspecified atom stereocenters. The highest BCUT2D eigenvalue weighted by Crippen LogP contribution is 1.98. The summed E-state index contributed by atoms with van der Waals surface area (Å²) in [7, 11) is 0. The molecule has 1 rings (SSSR count). The Morgan fingerprint density at radius 1 is 0.640 bits per heavy atom. The van der Waals surface area contributed by atoms with Crippen molar-refractivity contribution in [3.63, 3.8) is 0 Å². The number of amides is 3. The summed E-state index contributed by atoms with van der Waals surface area (Å²) in [5, 5.41) is 3.32. The molecule has 0 aromatic heterocycles. The zero-order valence-corrected chi connectivity index (χ0v) is 14.8. The molecule has 1 aliphatic rings. The van der Waals surface area contributed by atoms with Crippen LogP contribution in [-0.2, 0) is 14.4 Å². The minimum Gasteiger partial charge on any atom is -0.369 e. The lowest BCUT2D eigenvalue weighted by atomic mass is 10.3. The van der Waals surface area contributed by atoms with Crippen molar-refractivity contribution in [3.05, 3.63) is 0 Å². The number of hydrogen-bond donors (Lipinski definition) is 4. The van der Waals surface area contributed by atoms with E-state index in [0.29, 0.717) is 32.7 Å². The van der Waals surface area contributed by atoms with Crippen LogP contribution in [0.15, 0.2) is 0 Å². The zero-order chi connectivity index (χ0) is 18.7. The van der Waals surface area contributed by atoms with Gasteiger partial charge in [-0.3, -0.25) is 29.1 Å². The summed E-state index contributed by atoms with van der Waals surface area (Å²) in [5.74, 6) is -1.15. The maximum atomic E-state index is 11.3. The Morgan fingerprint density at radius 2 is 1.04 bits per heavy atom. The summed E-state index contributed by atoms with van der Waals surface area (Å²) in [5.41, 5.74) is 15.9. The summed E-state index contributed by atoms with van der Waals surface area (Å²) in [6.45, 7) is 5.88. The number of nitrogens with one attached hydrogen (secondary N) is 1. The van der Waals surface area contributed by atoms with Crippen molar-refractivity contribution < 1.29 is 14.4 Å². The van der Waals surface area contributed by atoms with E-state index in [-0.39, 0.29) is 31.4 Å². The largest absolute Gasteiger partial charge is 0.369 e. The third kappa shape index (κ3) is 10.7. The van der Waals surface area contributed by atoms with E-state index in [1.54, 1.807) is 0 Å². The molecule has 0 aliphatic carbocycles. The quantitative estimate of drug-likeness (QED) is 0.382. The van der Waals surface area contributed by atoms with Crippen LogP contribution in [0.3, 0.4) is 0 Å². The number of carbonyl (C=O) groups is 3. The number of rotatable bonds is 6. The van der Waals surface area contributed by atoms with Gasteiger partial charge >= 0.3 is 0 Å². The molecule has 3 amide bonds. The van der Waals surface area contributed by atoms with Gasteiger partial charge < -0.3 is 22.5 Å². The minimum absolute atomic E-state index is 0.132. The van der Waals surface area contributed by atoms with E-state index in [9.17, 15) is 14.4 Å². The average Bonchev–Trinajstić information content (AvgIpc) is 2.51. The molecule has 0 aromatic rings. The Kier molecular flexibility index (Phi) is 10.0. The van der Waals surface area contributed by atoms with Gasteiger partial charge in [-0.25, -0.2) is 0 Å². The zero-order valence-electron chi connectivity index (χ0n) is 14.8. The van der Waals surface area contributed by atoms with Gasteiger partial charge in [0.25, 0.3) is 0 Å². The van der Waals surface area contributed by atoms with Crippen LogP contribution in [0.1, 0.15) is 6.42 Å². The number of nitrogens with two attached hydrogens (primary N) is 3. The monoisotopic (exact) mass is 357 g/mol. The van der Waals surface area contributed by atoms with Crippen molar-refractivity contribution in [2.24, 2.45) is 17.2 Å².